The van der Waals surface area contributed by atoms with Crippen LogP contribution in [0, 0.1) is 0 Å². The highest BCUT2D eigenvalue weighted by atomic mass is 16.2. The van der Waals surface area contributed by atoms with E-state index in [1.165, 1.54) is 5.56 Å². The van der Waals surface area contributed by atoms with Crippen LogP contribution >= 0.6 is 0 Å². The van der Waals surface area contributed by atoms with Crippen molar-refractivity contribution in [3.63, 3.8) is 0 Å². The summed E-state index contributed by atoms with van der Waals surface area (Å²) in [6.45, 7) is 5.60. The van der Waals surface area contributed by atoms with E-state index in [0.717, 1.165) is 37.3 Å². The molecule has 2 aromatic rings. The quantitative estimate of drug-likeness (QED) is 0.759. The fraction of sp³-hybridized carbons (Fsp3) is 0.333. The van der Waals surface area contributed by atoms with Crippen molar-refractivity contribution in [2.75, 3.05) is 37.6 Å². The molecule has 0 N–H and O–H groups in total. The number of amides is 2. The Kier molecular flexibility index (Phi) is 5.76. The molecule has 2 heterocycles. The van der Waals surface area contributed by atoms with Crippen molar-refractivity contribution < 1.29 is 9.59 Å². The van der Waals surface area contributed by atoms with Crippen LogP contribution < -0.4 is 4.90 Å². The highest BCUT2D eigenvalue weighted by molar-refractivity contribution is 6.40. The van der Waals surface area contributed by atoms with E-state index >= 15 is 0 Å². The fourth-order valence-corrected chi connectivity index (χ4v) is 4.15. The second kappa shape index (κ2) is 8.62. The van der Waals surface area contributed by atoms with Crippen LogP contribution in [0.2, 0.25) is 0 Å². The second-order valence-electron chi connectivity index (χ2n) is 7.76. The largest absolute Gasteiger partial charge is 0.332 e. The van der Waals surface area contributed by atoms with E-state index < -0.39 is 5.91 Å². The average Bonchev–Trinajstić information content (AvgIpc) is 3.09. The molecule has 2 aliphatic heterocycles. The number of carbonyl (C=O) groups excluding carboxylic acids is 2. The Balaban J connectivity index is 1.31. The molecule has 2 aromatic carbocycles. The van der Waals surface area contributed by atoms with Gasteiger partial charge >= 0.3 is 11.8 Å². The van der Waals surface area contributed by atoms with Gasteiger partial charge in [0.2, 0.25) is 0 Å². The molecule has 5 nitrogen and oxygen atoms in total. The van der Waals surface area contributed by atoms with Crippen LogP contribution in [-0.4, -0.2) is 60.4 Å². The molecule has 4 rings (SSSR count). The summed E-state index contributed by atoms with van der Waals surface area (Å²) in [5.41, 5.74) is 3.20. The first-order valence-corrected chi connectivity index (χ1v) is 10.3. The molecule has 29 heavy (non-hydrogen) atoms. The van der Waals surface area contributed by atoms with E-state index in [2.05, 4.69) is 29.2 Å². The zero-order chi connectivity index (χ0) is 20.2. The van der Waals surface area contributed by atoms with Crippen molar-refractivity contribution >= 4 is 23.6 Å². The SMILES string of the molecule is CC1Cc2ccccc2N1C(=O)C(=O)N1CCN(C/C=C/c2ccccc2)CC1. The Labute approximate surface area is 172 Å². The van der Waals surface area contributed by atoms with Crippen molar-refractivity contribution in [2.45, 2.75) is 19.4 Å². The third kappa shape index (κ3) is 4.25. The summed E-state index contributed by atoms with van der Waals surface area (Å²) in [6.07, 6.45) is 5.07. The van der Waals surface area contributed by atoms with Gasteiger partial charge in [-0.05, 0) is 30.5 Å². The molecule has 1 saturated heterocycles. The molecule has 1 fully saturated rings. The second-order valence-corrected chi connectivity index (χ2v) is 7.76. The van der Waals surface area contributed by atoms with E-state index in [4.69, 9.17) is 0 Å². The summed E-state index contributed by atoms with van der Waals surface area (Å²) in [7, 11) is 0. The molecular formula is C24H27N3O2. The molecular weight excluding hydrogens is 362 g/mol. The van der Waals surface area contributed by atoms with E-state index in [9.17, 15) is 9.59 Å². The van der Waals surface area contributed by atoms with Gasteiger partial charge < -0.3 is 9.80 Å². The number of anilines is 1. The third-order valence-electron chi connectivity index (χ3n) is 5.74. The molecule has 0 bridgehead atoms. The first-order chi connectivity index (χ1) is 14.1. The first-order valence-electron chi connectivity index (χ1n) is 10.3. The predicted octanol–water partition coefficient (Wildman–Crippen LogP) is 2.82. The highest BCUT2D eigenvalue weighted by Crippen LogP contribution is 2.32. The summed E-state index contributed by atoms with van der Waals surface area (Å²) >= 11 is 0. The zero-order valence-electron chi connectivity index (χ0n) is 16.8. The molecule has 5 heteroatoms. The van der Waals surface area contributed by atoms with Crippen LogP contribution in [-0.2, 0) is 16.0 Å². The smallest absolute Gasteiger partial charge is 0.316 e. The van der Waals surface area contributed by atoms with Crippen molar-refractivity contribution in [1.29, 1.82) is 0 Å². The number of rotatable bonds is 3. The molecule has 1 unspecified atom stereocenters. The number of hydrogen-bond acceptors (Lipinski definition) is 3. The molecule has 0 radical (unpaired) electrons. The van der Waals surface area contributed by atoms with Gasteiger partial charge in [0.05, 0.1) is 0 Å². The first kappa shape index (κ1) is 19.4. The minimum atomic E-state index is -0.403. The number of piperazine rings is 1. The fourth-order valence-electron chi connectivity index (χ4n) is 4.15. The summed E-state index contributed by atoms with van der Waals surface area (Å²) < 4.78 is 0. The molecule has 1 atom stereocenters. The minimum Gasteiger partial charge on any atom is -0.332 e. The molecule has 2 amide bonds. The molecule has 150 valence electrons. The lowest BCUT2D eigenvalue weighted by molar-refractivity contribution is -0.145. The predicted molar refractivity (Wildman–Crippen MR) is 116 cm³/mol. The van der Waals surface area contributed by atoms with E-state index in [1.807, 2.05) is 49.4 Å². The van der Waals surface area contributed by atoms with Gasteiger partial charge in [0.1, 0.15) is 0 Å². The maximum absolute atomic E-state index is 12.9. The number of carbonyl (C=O) groups is 2. The molecule has 0 aromatic heterocycles. The number of nitrogens with zero attached hydrogens (tertiary/aromatic N) is 3. The van der Waals surface area contributed by atoms with Gasteiger partial charge in [-0.2, -0.15) is 0 Å². The standard InChI is InChI=1S/C24H27N3O2/c1-19-18-21-11-5-6-12-22(21)27(19)24(29)23(28)26-16-14-25(15-17-26)13-7-10-20-8-3-2-4-9-20/h2-12,19H,13-18H2,1H3/b10-7+. The Morgan fingerprint density at radius 2 is 1.62 bits per heavy atom. The molecule has 2 aliphatic rings. The van der Waals surface area contributed by atoms with Crippen LogP contribution in [0.1, 0.15) is 18.1 Å². The van der Waals surface area contributed by atoms with Crippen LogP contribution in [0.25, 0.3) is 6.08 Å². The Morgan fingerprint density at radius 1 is 0.931 bits per heavy atom. The Hall–Kier alpha value is -2.92. The lowest BCUT2D eigenvalue weighted by atomic mass is 10.1. The minimum absolute atomic E-state index is 0.0215. The lowest BCUT2D eigenvalue weighted by Crippen LogP contribution is -2.54. The van der Waals surface area contributed by atoms with Gasteiger partial charge in [-0.1, -0.05) is 60.7 Å². The Morgan fingerprint density at radius 3 is 2.38 bits per heavy atom. The van der Waals surface area contributed by atoms with Crippen LogP contribution in [0.3, 0.4) is 0 Å². The maximum atomic E-state index is 12.9. The number of hydrogen-bond donors (Lipinski definition) is 0. The van der Waals surface area contributed by atoms with Crippen molar-refractivity contribution in [3.05, 3.63) is 71.8 Å². The van der Waals surface area contributed by atoms with Gasteiger partial charge in [0.15, 0.2) is 0 Å². The van der Waals surface area contributed by atoms with Gasteiger partial charge in [0.25, 0.3) is 0 Å². The van der Waals surface area contributed by atoms with Gasteiger partial charge in [0, 0.05) is 44.5 Å². The summed E-state index contributed by atoms with van der Waals surface area (Å²) in [4.78, 5) is 31.5. The van der Waals surface area contributed by atoms with Crippen LogP contribution in [0.15, 0.2) is 60.7 Å². The highest BCUT2D eigenvalue weighted by Gasteiger charge is 2.36. The van der Waals surface area contributed by atoms with E-state index in [-0.39, 0.29) is 11.9 Å². The Bertz CT molecular complexity index is 901. The topological polar surface area (TPSA) is 43.9 Å². The van der Waals surface area contributed by atoms with Crippen molar-refractivity contribution in [1.82, 2.24) is 9.80 Å². The lowest BCUT2D eigenvalue weighted by Gasteiger charge is -2.35. The molecule has 0 saturated carbocycles. The molecule has 0 aliphatic carbocycles. The average molecular weight is 389 g/mol. The number of benzene rings is 2. The summed E-state index contributed by atoms with van der Waals surface area (Å²) in [5, 5.41) is 0. The summed E-state index contributed by atoms with van der Waals surface area (Å²) in [5.74, 6) is -0.784. The van der Waals surface area contributed by atoms with Crippen molar-refractivity contribution in [2.24, 2.45) is 0 Å². The van der Waals surface area contributed by atoms with Crippen LogP contribution in [0.5, 0.6) is 0 Å². The maximum Gasteiger partial charge on any atom is 0.316 e. The normalized spacial score (nSPS) is 19.6. The van der Waals surface area contributed by atoms with Gasteiger partial charge in [-0.25, -0.2) is 0 Å². The van der Waals surface area contributed by atoms with Crippen molar-refractivity contribution in [3.8, 4) is 0 Å². The third-order valence-corrected chi connectivity index (χ3v) is 5.74. The zero-order valence-corrected chi connectivity index (χ0v) is 16.8. The van der Waals surface area contributed by atoms with Crippen LogP contribution in [0.4, 0.5) is 5.69 Å². The molecule has 0 spiro atoms. The monoisotopic (exact) mass is 389 g/mol. The van der Waals surface area contributed by atoms with E-state index in [0.29, 0.717) is 13.1 Å². The number of para-hydroxylation sites is 1. The van der Waals surface area contributed by atoms with E-state index in [1.54, 1.807) is 9.80 Å². The van der Waals surface area contributed by atoms with Gasteiger partial charge in [-0.15, -0.1) is 0 Å². The van der Waals surface area contributed by atoms with Gasteiger partial charge in [-0.3, -0.25) is 14.5 Å². The number of fused-ring (bicyclic) bond motifs is 1. The summed E-state index contributed by atoms with van der Waals surface area (Å²) in [6, 6.07) is 18.1.